The van der Waals surface area contributed by atoms with Gasteiger partial charge in [-0.15, -0.1) is 0 Å². The summed E-state index contributed by atoms with van der Waals surface area (Å²) in [6.07, 6.45) is -0.751. The molecule has 1 N–H and O–H groups in total. The Bertz CT molecular complexity index is 1030. The van der Waals surface area contributed by atoms with Crippen LogP contribution in [0.4, 0.5) is 11.4 Å². The van der Waals surface area contributed by atoms with Gasteiger partial charge in [-0.05, 0) is 42.3 Å². The van der Waals surface area contributed by atoms with Gasteiger partial charge in [-0.1, -0.05) is 60.7 Å². The van der Waals surface area contributed by atoms with Gasteiger partial charge in [0.15, 0.2) is 6.10 Å². The van der Waals surface area contributed by atoms with Crippen molar-refractivity contribution in [1.29, 1.82) is 0 Å². The molecule has 3 aromatic rings. The van der Waals surface area contributed by atoms with Gasteiger partial charge in [0.2, 0.25) is 0 Å². The third-order valence-electron chi connectivity index (χ3n) is 5.96. The molecule has 3 aromatic carbocycles. The quantitative estimate of drug-likeness (QED) is 0.499. The number of hydrogen-bond acceptors (Lipinski definition) is 5. The van der Waals surface area contributed by atoms with Gasteiger partial charge in [0, 0.05) is 30.4 Å². The number of benzene rings is 3. The Kier molecular flexibility index (Phi) is 7.94. The summed E-state index contributed by atoms with van der Waals surface area (Å²) in [4.78, 5) is 27.7. The molecule has 0 spiro atoms. The molecule has 1 heterocycles. The first kappa shape index (κ1) is 23.5. The maximum absolute atomic E-state index is 12.8. The van der Waals surface area contributed by atoms with Gasteiger partial charge in [-0.25, -0.2) is 0 Å². The molecule has 1 fully saturated rings. The van der Waals surface area contributed by atoms with Crippen molar-refractivity contribution in [3.63, 3.8) is 0 Å². The van der Waals surface area contributed by atoms with Crippen LogP contribution in [0, 0.1) is 0 Å². The minimum atomic E-state index is -0.904. The molecule has 6 nitrogen and oxygen atoms in total. The SMILES string of the molecule is CC(OC(=O)CC(c1ccccc1)c1ccccc1)C(=O)Nc1ccc(N2CCOCC2)cc1. The van der Waals surface area contributed by atoms with Crippen LogP contribution in [-0.2, 0) is 19.1 Å². The van der Waals surface area contributed by atoms with Gasteiger partial charge in [0.05, 0.1) is 19.6 Å². The lowest BCUT2D eigenvalue weighted by atomic mass is 9.88. The largest absolute Gasteiger partial charge is 0.453 e. The molecule has 4 rings (SSSR count). The maximum Gasteiger partial charge on any atom is 0.307 e. The van der Waals surface area contributed by atoms with Crippen molar-refractivity contribution in [3.05, 3.63) is 96.1 Å². The summed E-state index contributed by atoms with van der Waals surface area (Å²) < 4.78 is 10.9. The number of hydrogen-bond donors (Lipinski definition) is 1. The number of anilines is 2. The zero-order valence-corrected chi connectivity index (χ0v) is 19.4. The van der Waals surface area contributed by atoms with Crippen LogP contribution in [0.3, 0.4) is 0 Å². The number of morpholine rings is 1. The van der Waals surface area contributed by atoms with Gasteiger partial charge >= 0.3 is 5.97 Å². The number of carbonyl (C=O) groups excluding carboxylic acids is 2. The van der Waals surface area contributed by atoms with Gasteiger partial charge in [0.25, 0.3) is 5.91 Å². The van der Waals surface area contributed by atoms with Crippen molar-refractivity contribution < 1.29 is 19.1 Å². The topological polar surface area (TPSA) is 67.9 Å². The van der Waals surface area contributed by atoms with Crippen molar-refractivity contribution in [2.24, 2.45) is 0 Å². The summed E-state index contributed by atoms with van der Waals surface area (Å²) in [6.45, 7) is 4.74. The van der Waals surface area contributed by atoms with Crippen molar-refractivity contribution >= 4 is 23.3 Å². The van der Waals surface area contributed by atoms with E-state index in [4.69, 9.17) is 9.47 Å². The highest BCUT2D eigenvalue weighted by atomic mass is 16.5. The second-order valence-corrected chi connectivity index (χ2v) is 8.35. The Hall–Kier alpha value is -3.64. The average molecular weight is 459 g/mol. The fourth-order valence-electron chi connectivity index (χ4n) is 4.09. The third-order valence-corrected chi connectivity index (χ3v) is 5.96. The zero-order valence-electron chi connectivity index (χ0n) is 19.4. The predicted molar refractivity (Wildman–Crippen MR) is 133 cm³/mol. The number of esters is 1. The lowest BCUT2D eigenvalue weighted by Crippen LogP contribution is -2.36. The summed E-state index contributed by atoms with van der Waals surface area (Å²) in [7, 11) is 0. The van der Waals surface area contributed by atoms with E-state index in [2.05, 4.69) is 10.2 Å². The van der Waals surface area contributed by atoms with E-state index in [1.807, 2.05) is 84.9 Å². The summed E-state index contributed by atoms with van der Waals surface area (Å²) in [5, 5.41) is 2.83. The molecule has 1 amide bonds. The lowest BCUT2D eigenvalue weighted by molar-refractivity contribution is -0.153. The Balaban J connectivity index is 1.34. The van der Waals surface area contributed by atoms with Crippen molar-refractivity contribution in [3.8, 4) is 0 Å². The molecule has 0 saturated carbocycles. The summed E-state index contributed by atoms with van der Waals surface area (Å²) >= 11 is 0. The van der Waals surface area contributed by atoms with Crippen LogP contribution in [0.25, 0.3) is 0 Å². The van der Waals surface area contributed by atoms with Gasteiger partial charge < -0.3 is 19.7 Å². The first-order chi connectivity index (χ1) is 16.6. The number of rotatable bonds is 8. The molecule has 1 unspecified atom stereocenters. The first-order valence-corrected chi connectivity index (χ1v) is 11.6. The van der Waals surface area contributed by atoms with E-state index in [0.717, 1.165) is 43.1 Å². The molecule has 34 heavy (non-hydrogen) atoms. The van der Waals surface area contributed by atoms with Gasteiger partial charge in [0.1, 0.15) is 0 Å². The predicted octanol–water partition coefficient (Wildman–Crippen LogP) is 4.62. The Labute approximate surface area is 200 Å². The molecular formula is C28H30N2O4. The molecular weight excluding hydrogens is 428 g/mol. The molecule has 1 atom stereocenters. The van der Waals surface area contributed by atoms with E-state index < -0.39 is 12.1 Å². The zero-order chi connectivity index (χ0) is 23.8. The van der Waals surface area contributed by atoms with E-state index >= 15 is 0 Å². The normalized spacial score (nSPS) is 14.5. The van der Waals surface area contributed by atoms with Crippen molar-refractivity contribution in [2.75, 3.05) is 36.5 Å². The van der Waals surface area contributed by atoms with E-state index in [1.54, 1.807) is 6.92 Å². The highest BCUT2D eigenvalue weighted by Gasteiger charge is 2.23. The summed E-state index contributed by atoms with van der Waals surface area (Å²) in [6, 6.07) is 27.4. The fourth-order valence-corrected chi connectivity index (χ4v) is 4.09. The number of amides is 1. The monoisotopic (exact) mass is 458 g/mol. The van der Waals surface area contributed by atoms with E-state index in [-0.39, 0.29) is 18.2 Å². The number of carbonyl (C=O) groups is 2. The average Bonchev–Trinajstić information content (AvgIpc) is 2.89. The molecule has 1 aliphatic rings. The summed E-state index contributed by atoms with van der Waals surface area (Å²) in [5.74, 6) is -0.913. The molecule has 0 aromatic heterocycles. The number of nitrogens with one attached hydrogen (secondary N) is 1. The Morgan fingerprint density at radius 2 is 1.44 bits per heavy atom. The molecule has 6 heteroatoms. The minimum Gasteiger partial charge on any atom is -0.453 e. The van der Waals surface area contributed by atoms with Crippen LogP contribution < -0.4 is 10.2 Å². The van der Waals surface area contributed by atoms with E-state index in [0.29, 0.717) is 5.69 Å². The second-order valence-electron chi connectivity index (χ2n) is 8.35. The van der Waals surface area contributed by atoms with Crippen molar-refractivity contribution in [1.82, 2.24) is 0 Å². The summed E-state index contributed by atoms with van der Waals surface area (Å²) in [5.41, 5.74) is 3.82. The Morgan fingerprint density at radius 1 is 0.882 bits per heavy atom. The fraction of sp³-hybridized carbons (Fsp3) is 0.286. The second kappa shape index (κ2) is 11.5. The number of ether oxygens (including phenoxy) is 2. The highest BCUT2D eigenvalue weighted by molar-refractivity contribution is 5.95. The van der Waals surface area contributed by atoms with E-state index in [9.17, 15) is 9.59 Å². The smallest absolute Gasteiger partial charge is 0.307 e. The van der Waals surface area contributed by atoms with Crippen LogP contribution in [-0.4, -0.2) is 44.3 Å². The van der Waals surface area contributed by atoms with Crippen LogP contribution in [0.15, 0.2) is 84.9 Å². The molecule has 0 aliphatic carbocycles. The third kappa shape index (κ3) is 6.23. The van der Waals surface area contributed by atoms with E-state index in [1.165, 1.54) is 0 Å². The van der Waals surface area contributed by atoms with Gasteiger partial charge in [-0.3, -0.25) is 9.59 Å². The Morgan fingerprint density at radius 3 is 2.00 bits per heavy atom. The highest BCUT2D eigenvalue weighted by Crippen LogP contribution is 2.28. The number of nitrogens with zero attached hydrogens (tertiary/aromatic N) is 1. The van der Waals surface area contributed by atoms with Crippen molar-refractivity contribution in [2.45, 2.75) is 25.4 Å². The van der Waals surface area contributed by atoms with Crippen LogP contribution >= 0.6 is 0 Å². The molecule has 176 valence electrons. The molecule has 0 radical (unpaired) electrons. The molecule has 0 bridgehead atoms. The first-order valence-electron chi connectivity index (χ1n) is 11.6. The standard InChI is InChI=1S/C28H30N2O4/c1-21(28(32)29-24-12-14-25(15-13-24)30-16-18-33-19-17-30)34-27(31)20-26(22-8-4-2-5-9-22)23-10-6-3-7-11-23/h2-15,21,26H,16-20H2,1H3,(H,29,32). The van der Waals surface area contributed by atoms with Crippen LogP contribution in [0.1, 0.15) is 30.4 Å². The molecule has 1 saturated heterocycles. The lowest BCUT2D eigenvalue weighted by Gasteiger charge is -2.29. The minimum absolute atomic E-state index is 0.141. The molecule has 1 aliphatic heterocycles. The van der Waals surface area contributed by atoms with Crippen LogP contribution in [0.2, 0.25) is 0 Å². The van der Waals surface area contributed by atoms with Crippen LogP contribution in [0.5, 0.6) is 0 Å². The maximum atomic E-state index is 12.8. The van der Waals surface area contributed by atoms with Gasteiger partial charge in [-0.2, -0.15) is 0 Å².